The first kappa shape index (κ1) is 13.9. The Hall–Kier alpha value is -2.02. The van der Waals surface area contributed by atoms with Gasteiger partial charge in [0.2, 0.25) is 0 Å². The number of hydrogen-bond acceptors (Lipinski definition) is 3. The summed E-state index contributed by atoms with van der Waals surface area (Å²) < 4.78 is 7.53. The Labute approximate surface area is 123 Å². The largest absolute Gasteiger partial charge is 0.374 e. The fraction of sp³-hybridized carbons (Fsp3) is 0.571. The lowest BCUT2D eigenvalue weighted by atomic mass is 10.0. The number of hydrogen-bond donors (Lipinski definition) is 2. The predicted molar refractivity (Wildman–Crippen MR) is 75.7 cm³/mol. The van der Waals surface area contributed by atoms with Gasteiger partial charge < -0.3 is 25.3 Å². The molecule has 2 aliphatic rings. The summed E-state index contributed by atoms with van der Waals surface area (Å²) in [6.07, 6.45) is 3.42. The number of likely N-dealkylation sites (tertiary alicyclic amines) is 1. The molecule has 2 fully saturated rings. The first-order valence-electron chi connectivity index (χ1n) is 7.18. The number of carbonyl (C=O) groups excluding carboxylic acids is 2. The summed E-state index contributed by atoms with van der Waals surface area (Å²) in [7, 11) is 1.82. The summed E-state index contributed by atoms with van der Waals surface area (Å²) in [4.78, 5) is 25.5. The lowest BCUT2D eigenvalue weighted by Crippen LogP contribution is -2.48. The van der Waals surface area contributed by atoms with Crippen LogP contribution in [-0.2, 0) is 11.8 Å². The number of nitrogens with two attached hydrogens (primary N) is 1. The second-order valence-electron chi connectivity index (χ2n) is 5.62. The SMILES string of the molecule is Cn1cccc1C(=O)N[C@@H]1CN(C(N)=O)[C@H]2CCCO[C@@H]12. The Morgan fingerprint density at radius 2 is 2.29 bits per heavy atom. The van der Waals surface area contributed by atoms with Crippen molar-refractivity contribution in [3.8, 4) is 0 Å². The van der Waals surface area contributed by atoms with Crippen molar-refractivity contribution in [1.29, 1.82) is 0 Å². The Bertz CT molecular complexity index is 556. The maximum Gasteiger partial charge on any atom is 0.315 e. The number of nitrogens with one attached hydrogen (secondary N) is 1. The molecule has 0 aliphatic carbocycles. The van der Waals surface area contributed by atoms with E-state index >= 15 is 0 Å². The van der Waals surface area contributed by atoms with Crippen LogP contribution in [0.3, 0.4) is 0 Å². The number of carbonyl (C=O) groups is 2. The van der Waals surface area contributed by atoms with E-state index in [4.69, 9.17) is 10.5 Å². The van der Waals surface area contributed by atoms with Gasteiger partial charge in [0.05, 0.1) is 18.2 Å². The Morgan fingerprint density at radius 1 is 1.48 bits per heavy atom. The third-order valence-corrected chi connectivity index (χ3v) is 4.30. The highest BCUT2D eigenvalue weighted by molar-refractivity contribution is 5.93. The minimum atomic E-state index is -0.453. The number of nitrogens with zero attached hydrogens (tertiary/aromatic N) is 2. The van der Waals surface area contributed by atoms with Gasteiger partial charge in [0.25, 0.3) is 5.91 Å². The molecule has 3 N–H and O–H groups in total. The molecule has 3 atom stereocenters. The molecule has 0 unspecified atom stereocenters. The van der Waals surface area contributed by atoms with E-state index in [0.717, 1.165) is 12.8 Å². The molecule has 21 heavy (non-hydrogen) atoms. The van der Waals surface area contributed by atoms with Crippen LogP contribution in [0.4, 0.5) is 4.79 Å². The molecule has 0 spiro atoms. The minimum absolute atomic E-state index is 0.0324. The van der Waals surface area contributed by atoms with Crippen molar-refractivity contribution in [1.82, 2.24) is 14.8 Å². The topological polar surface area (TPSA) is 89.6 Å². The fourth-order valence-electron chi connectivity index (χ4n) is 3.28. The van der Waals surface area contributed by atoms with Gasteiger partial charge in [-0.1, -0.05) is 0 Å². The predicted octanol–water partition coefficient (Wildman–Crippen LogP) is 0.0654. The zero-order chi connectivity index (χ0) is 15.0. The zero-order valence-electron chi connectivity index (χ0n) is 12.0. The van der Waals surface area contributed by atoms with Gasteiger partial charge in [-0.2, -0.15) is 0 Å². The monoisotopic (exact) mass is 292 g/mol. The highest BCUT2D eigenvalue weighted by atomic mass is 16.5. The van der Waals surface area contributed by atoms with Crippen LogP contribution >= 0.6 is 0 Å². The second-order valence-corrected chi connectivity index (χ2v) is 5.62. The number of ether oxygens (including phenoxy) is 1. The van der Waals surface area contributed by atoms with E-state index in [1.807, 2.05) is 19.3 Å². The molecule has 3 rings (SSSR count). The van der Waals surface area contributed by atoms with Crippen LogP contribution in [-0.4, -0.2) is 52.7 Å². The van der Waals surface area contributed by atoms with E-state index in [0.29, 0.717) is 18.8 Å². The summed E-state index contributed by atoms with van der Waals surface area (Å²) in [5.74, 6) is -0.160. The quantitative estimate of drug-likeness (QED) is 0.808. The highest BCUT2D eigenvalue weighted by Crippen LogP contribution is 2.28. The number of aromatic nitrogens is 1. The van der Waals surface area contributed by atoms with E-state index in [9.17, 15) is 9.59 Å². The normalized spacial score (nSPS) is 28.2. The number of fused-ring (bicyclic) bond motifs is 1. The molecule has 0 aromatic carbocycles. The van der Waals surface area contributed by atoms with Gasteiger partial charge in [0, 0.05) is 26.4 Å². The van der Waals surface area contributed by atoms with E-state index in [-0.39, 0.29) is 24.1 Å². The first-order chi connectivity index (χ1) is 10.1. The van der Waals surface area contributed by atoms with Crippen molar-refractivity contribution in [2.24, 2.45) is 12.8 Å². The summed E-state index contributed by atoms with van der Waals surface area (Å²) in [5, 5.41) is 2.97. The zero-order valence-corrected chi connectivity index (χ0v) is 12.0. The maximum atomic E-state index is 12.3. The van der Waals surface area contributed by atoms with Crippen LogP contribution in [0.1, 0.15) is 23.3 Å². The lowest BCUT2D eigenvalue weighted by molar-refractivity contribution is -0.0141. The van der Waals surface area contributed by atoms with Gasteiger partial charge in [0.15, 0.2) is 0 Å². The van der Waals surface area contributed by atoms with Gasteiger partial charge >= 0.3 is 6.03 Å². The molecular formula is C14H20N4O3. The molecule has 2 aliphatic heterocycles. The van der Waals surface area contributed by atoms with Gasteiger partial charge in [-0.25, -0.2) is 4.79 Å². The van der Waals surface area contributed by atoms with Crippen LogP contribution in [0, 0.1) is 0 Å². The highest BCUT2D eigenvalue weighted by Gasteiger charge is 2.46. The number of aryl methyl sites for hydroxylation is 1. The van der Waals surface area contributed by atoms with E-state index in [1.54, 1.807) is 15.5 Å². The summed E-state index contributed by atoms with van der Waals surface area (Å²) in [6.45, 7) is 1.06. The van der Waals surface area contributed by atoms with Gasteiger partial charge in [-0.3, -0.25) is 4.79 Å². The molecule has 1 aromatic heterocycles. The van der Waals surface area contributed by atoms with Crippen LogP contribution in [0.25, 0.3) is 0 Å². The second kappa shape index (κ2) is 5.40. The average molecular weight is 292 g/mol. The molecule has 7 nitrogen and oxygen atoms in total. The van der Waals surface area contributed by atoms with Crippen molar-refractivity contribution < 1.29 is 14.3 Å². The van der Waals surface area contributed by atoms with Crippen LogP contribution in [0.5, 0.6) is 0 Å². The molecule has 1 aromatic rings. The molecule has 2 saturated heterocycles. The van der Waals surface area contributed by atoms with Crippen molar-refractivity contribution in [2.45, 2.75) is 31.0 Å². The number of primary amides is 1. The molecule has 114 valence electrons. The molecule has 0 radical (unpaired) electrons. The van der Waals surface area contributed by atoms with Gasteiger partial charge in [0.1, 0.15) is 5.69 Å². The Kier molecular flexibility index (Phi) is 3.59. The molecular weight excluding hydrogens is 272 g/mol. The van der Waals surface area contributed by atoms with Crippen molar-refractivity contribution in [3.63, 3.8) is 0 Å². The van der Waals surface area contributed by atoms with Gasteiger partial charge in [-0.15, -0.1) is 0 Å². The number of urea groups is 1. The van der Waals surface area contributed by atoms with E-state index in [2.05, 4.69) is 5.32 Å². The summed E-state index contributed by atoms with van der Waals surface area (Å²) in [6, 6.07) is 2.88. The van der Waals surface area contributed by atoms with E-state index in [1.165, 1.54) is 0 Å². The fourth-order valence-corrected chi connectivity index (χ4v) is 3.28. The van der Waals surface area contributed by atoms with Crippen molar-refractivity contribution >= 4 is 11.9 Å². The average Bonchev–Trinajstić information content (AvgIpc) is 3.03. The van der Waals surface area contributed by atoms with Crippen LogP contribution in [0.15, 0.2) is 18.3 Å². The Balaban J connectivity index is 1.74. The molecule has 3 amide bonds. The summed E-state index contributed by atoms with van der Waals surface area (Å²) >= 11 is 0. The lowest BCUT2D eigenvalue weighted by Gasteiger charge is -2.31. The van der Waals surface area contributed by atoms with E-state index < -0.39 is 6.03 Å². The minimum Gasteiger partial charge on any atom is -0.374 e. The number of rotatable bonds is 2. The molecule has 0 saturated carbocycles. The third-order valence-electron chi connectivity index (χ3n) is 4.30. The standard InChI is InChI=1S/C14H20N4O3/c1-17-6-2-4-11(17)13(19)16-9-8-18(14(15)20)10-5-3-7-21-12(9)10/h2,4,6,9-10,12H,3,5,7-8H2,1H3,(H2,15,20)(H,16,19)/t9-,10+,12+/m1/s1. The Morgan fingerprint density at radius 3 is 2.95 bits per heavy atom. The molecule has 3 heterocycles. The summed E-state index contributed by atoms with van der Waals surface area (Å²) in [5.41, 5.74) is 6.01. The van der Waals surface area contributed by atoms with Gasteiger partial charge in [-0.05, 0) is 25.0 Å². The molecule has 0 bridgehead atoms. The third kappa shape index (κ3) is 2.49. The number of amides is 3. The van der Waals surface area contributed by atoms with Crippen molar-refractivity contribution in [3.05, 3.63) is 24.0 Å². The first-order valence-corrected chi connectivity index (χ1v) is 7.18. The molecule has 7 heteroatoms. The maximum absolute atomic E-state index is 12.3. The van der Waals surface area contributed by atoms with Crippen LogP contribution < -0.4 is 11.1 Å². The smallest absolute Gasteiger partial charge is 0.315 e. The van der Waals surface area contributed by atoms with Crippen molar-refractivity contribution in [2.75, 3.05) is 13.2 Å². The van der Waals surface area contributed by atoms with Crippen LogP contribution in [0.2, 0.25) is 0 Å².